The van der Waals surface area contributed by atoms with E-state index in [1.165, 1.54) is 39.1 Å². The topological polar surface area (TPSA) is 24.1 Å². The van der Waals surface area contributed by atoms with Gasteiger partial charge in [0.2, 0.25) is 0 Å². The molecule has 2 aromatic carbocycles. The third kappa shape index (κ3) is 3.24. The lowest BCUT2D eigenvalue weighted by molar-refractivity contribution is 0.707. The van der Waals surface area contributed by atoms with Crippen LogP contribution in [0.1, 0.15) is 41.1 Å². The maximum atomic E-state index is 5.44. The summed E-state index contributed by atoms with van der Waals surface area (Å²) in [6, 6.07) is 17.6. The predicted octanol–water partition coefficient (Wildman–Crippen LogP) is 4.95. The highest BCUT2D eigenvalue weighted by Gasteiger charge is 2.32. The highest BCUT2D eigenvalue weighted by Crippen LogP contribution is 2.41. The second kappa shape index (κ2) is 6.49. The molecule has 1 aliphatic heterocycles. The molecule has 0 saturated heterocycles. The normalized spacial score (nSPS) is 21.1. The Kier molecular flexibility index (Phi) is 4.18. The van der Waals surface area contributed by atoms with Crippen molar-refractivity contribution in [3.63, 3.8) is 0 Å². The molecule has 2 N–H and O–H groups in total. The third-order valence-corrected chi connectivity index (χ3v) is 5.19. The fraction of sp³-hybridized carbons (Fsp3) is 0.227. The lowest BCUT2D eigenvalue weighted by Crippen LogP contribution is -2.42. The van der Waals surface area contributed by atoms with Gasteiger partial charge in [0.1, 0.15) is 0 Å². The Morgan fingerprint density at radius 1 is 0.920 bits per heavy atom. The molecule has 0 aromatic heterocycles. The number of hydrogen-bond acceptors (Lipinski definition) is 1. The van der Waals surface area contributed by atoms with Gasteiger partial charge >= 0.3 is 0 Å². The minimum absolute atomic E-state index is 0.128. The molecule has 0 bridgehead atoms. The number of aryl methyl sites for hydroxylation is 2. The van der Waals surface area contributed by atoms with E-state index in [0.717, 1.165) is 18.0 Å². The number of nitrogens with one attached hydrogen (secondary N) is 2. The molecule has 1 heterocycles. The first-order chi connectivity index (χ1) is 12.1. The first-order valence-corrected chi connectivity index (χ1v) is 9.16. The molecule has 0 radical (unpaired) electrons. The molecule has 0 unspecified atom stereocenters. The first-order valence-electron chi connectivity index (χ1n) is 8.75. The zero-order valence-electron chi connectivity index (χ0n) is 14.6. The van der Waals surface area contributed by atoms with Gasteiger partial charge in [-0.05, 0) is 55.6 Å². The van der Waals surface area contributed by atoms with Crippen molar-refractivity contribution in [2.75, 3.05) is 0 Å². The maximum Gasteiger partial charge on any atom is 0.171 e. The second-order valence-corrected chi connectivity index (χ2v) is 7.32. The monoisotopic (exact) mass is 346 g/mol. The van der Waals surface area contributed by atoms with Crippen LogP contribution in [0.3, 0.4) is 0 Å². The van der Waals surface area contributed by atoms with Gasteiger partial charge in [-0.25, -0.2) is 0 Å². The number of thiocarbonyl (C=S) groups is 1. The van der Waals surface area contributed by atoms with E-state index in [0.29, 0.717) is 0 Å². The van der Waals surface area contributed by atoms with Crippen LogP contribution in [0.5, 0.6) is 0 Å². The van der Waals surface area contributed by atoms with Crippen LogP contribution in [0.2, 0.25) is 0 Å². The predicted molar refractivity (Wildman–Crippen MR) is 108 cm³/mol. The molecule has 4 rings (SSSR count). The highest BCUT2D eigenvalue weighted by molar-refractivity contribution is 7.80. The molecule has 2 aromatic rings. The summed E-state index contributed by atoms with van der Waals surface area (Å²) in [6.45, 7) is 4.24. The summed E-state index contributed by atoms with van der Waals surface area (Å²) < 4.78 is 0. The van der Waals surface area contributed by atoms with Crippen LogP contribution in [-0.2, 0) is 0 Å². The quantitative estimate of drug-likeness (QED) is 0.752. The summed E-state index contributed by atoms with van der Waals surface area (Å²) in [5.74, 6) is 0. The van der Waals surface area contributed by atoms with E-state index in [4.69, 9.17) is 12.2 Å². The molecule has 2 nitrogen and oxygen atoms in total. The van der Waals surface area contributed by atoms with Crippen molar-refractivity contribution in [2.24, 2.45) is 0 Å². The van der Waals surface area contributed by atoms with Gasteiger partial charge in [0.05, 0.1) is 6.04 Å². The van der Waals surface area contributed by atoms with E-state index in [2.05, 4.69) is 79.1 Å². The van der Waals surface area contributed by atoms with Crippen LogP contribution < -0.4 is 10.6 Å². The molecule has 25 heavy (non-hydrogen) atoms. The number of allylic oxidation sites excluding steroid dienone is 1. The van der Waals surface area contributed by atoms with Crippen LogP contribution in [0.4, 0.5) is 0 Å². The third-order valence-electron chi connectivity index (χ3n) is 4.97. The van der Waals surface area contributed by atoms with Crippen molar-refractivity contribution in [2.45, 2.75) is 32.7 Å². The van der Waals surface area contributed by atoms with E-state index in [-0.39, 0.29) is 6.04 Å². The van der Waals surface area contributed by atoms with E-state index >= 15 is 0 Å². The summed E-state index contributed by atoms with van der Waals surface area (Å²) in [6.07, 6.45) is 4.40. The number of rotatable bonds is 2. The van der Waals surface area contributed by atoms with Gasteiger partial charge in [-0.2, -0.15) is 0 Å². The lowest BCUT2D eigenvalue weighted by atomic mass is 9.91. The number of hydrogen-bond donors (Lipinski definition) is 2. The fourth-order valence-corrected chi connectivity index (χ4v) is 3.85. The highest BCUT2D eigenvalue weighted by atomic mass is 32.1. The molecule has 1 aliphatic carbocycles. The summed E-state index contributed by atoms with van der Waals surface area (Å²) in [7, 11) is 0. The van der Waals surface area contributed by atoms with E-state index in [1.807, 2.05) is 0 Å². The van der Waals surface area contributed by atoms with Gasteiger partial charge in [-0.15, -0.1) is 0 Å². The van der Waals surface area contributed by atoms with Crippen molar-refractivity contribution < 1.29 is 0 Å². The van der Waals surface area contributed by atoms with Gasteiger partial charge in [-0.1, -0.05) is 65.7 Å². The first kappa shape index (κ1) is 16.1. The van der Waals surface area contributed by atoms with Crippen molar-refractivity contribution in [3.05, 3.63) is 87.6 Å². The summed E-state index contributed by atoms with van der Waals surface area (Å²) in [5, 5.41) is 7.57. The molecule has 0 amide bonds. The summed E-state index contributed by atoms with van der Waals surface area (Å²) >= 11 is 5.44. The van der Waals surface area contributed by atoms with Crippen LogP contribution >= 0.6 is 12.2 Å². The fourth-order valence-electron chi connectivity index (χ4n) is 3.61. The van der Waals surface area contributed by atoms with E-state index in [9.17, 15) is 0 Å². The van der Waals surface area contributed by atoms with Crippen molar-refractivity contribution >= 4 is 23.4 Å². The van der Waals surface area contributed by atoms with Crippen LogP contribution in [0.15, 0.2) is 65.4 Å². The number of benzene rings is 2. The maximum absolute atomic E-state index is 5.44. The minimum Gasteiger partial charge on any atom is -0.351 e. The molecule has 0 saturated carbocycles. The average molecular weight is 346 g/mol. The standard InChI is InChI=1S/C22H22N2S/c1-14-3-7-16(8-4-14)13-18-11-12-19-20(18)21(24-22(25)23-19)17-9-5-15(2)6-10-17/h3-10,13,21H,11-12H2,1-2H3,(H2,23,24,25)/b18-13+/t21-/m1/s1. The molecule has 0 spiro atoms. The Morgan fingerprint density at radius 3 is 2.24 bits per heavy atom. The van der Waals surface area contributed by atoms with Gasteiger partial charge in [0, 0.05) is 11.3 Å². The Bertz CT molecular complexity index is 873. The summed E-state index contributed by atoms with van der Waals surface area (Å²) in [4.78, 5) is 0. The van der Waals surface area contributed by atoms with Gasteiger partial charge < -0.3 is 10.6 Å². The van der Waals surface area contributed by atoms with Crippen LogP contribution in [0.25, 0.3) is 6.08 Å². The van der Waals surface area contributed by atoms with E-state index in [1.54, 1.807) is 0 Å². The molecule has 126 valence electrons. The average Bonchev–Trinajstić information content (AvgIpc) is 2.99. The Hall–Kier alpha value is -2.39. The molecule has 2 aliphatic rings. The smallest absolute Gasteiger partial charge is 0.171 e. The second-order valence-electron chi connectivity index (χ2n) is 6.91. The van der Waals surface area contributed by atoms with E-state index < -0.39 is 0 Å². The van der Waals surface area contributed by atoms with Crippen LogP contribution in [0, 0.1) is 13.8 Å². The molecule has 0 fully saturated rings. The molecular formula is C22H22N2S. The van der Waals surface area contributed by atoms with Gasteiger partial charge in [-0.3, -0.25) is 0 Å². The summed E-state index contributed by atoms with van der Waals surface area (Å²) in [5.41, 5.74) is 9.11. The molecule has 1 atom stereocenters. The Balaban J connectivity index is 1.75. The zero-order chi connectivity index (χ0) is 17.4. The van der Waals surface area contributed by atoms with Crippen molar-refractivity contribution in [3.8, 4) is 0 Å². The van der Waals surface area contributed by atoms with Crippen molar-refractivity contribution in [1.82, 2.24) is 10.6 Å². The minimum atomic E-state index is 0.128. The van der Waals surface area contributed by atoms with Gasteiger partial charge in [0.15, 0.2) is 5.11 Å². The molecule has 3 heteroatoms. The molecular weight excluding hydrogens is 324 g/mol. The largest absolute Gasteiger partial charge is 0.351 e. The SMILES string of the molecule is Cc1ccc(/C=C2\CCC3=C2[C@@H](c2ccc(C)cc2)NC(=S)N3)cc1. The zero-order valence-corrected chi connectivity index (χ0v) is 15.4. The Morgan fingerprint density at radius 2 is 1.56 bits per heavy atom. The van der Waals surface area contributed by atoms with Gasteiger partial charge in [0.25, 0.3) is 0 Å². The van der Waals surface area contributed by atoms with Crippen LogP contribution in [-0.4, -0.2) is 5.11 Å². The lowest BCUT2D eigenvalue weighted by Gasteiger charge is -2.30. The Labute approximate surface area is 154 Å². The van der Waals surface area contributed by atoms with Crippen molar-refractivity contribution in [1.29, 1.82) is 0 Å².